The number of nitrogens with one attached hydrogen (secondary N) is 1. The van der Waals surface area contributed by atoms with Crippen LogP contribution in [0.1, 0.15) is 5.56 Å². The number of aliphatic hydroxyl groups excluding tert-OH is 2. The molecule has 0 aromatic heterocycles. The third-order valence-corrected chi connectivity index (χ3v) is 2.13. The molecule has 0 bridgehead atoms. The molecule has 0 saturated carbocycles. The molecule has 0 saturated heterocycles. The molecule has 90 valence electrons. The molecule has 0 amide bonds. The maximum absolute atomic E-state index is 9.52. The number of hydrogen-bond acceptors (Lipinski definition) is 4. The van der Waals surface area contributed by atoms with Crippen molar-refractivity contribution >= 4 is 0 Å². The molecule has 4 heteroatoms. The number of ether oxygens (including phenoxy) is 1. The van der Waals surface area contributed by atoms with Crippen LogP contribution in [-0.4, -0.2) is 42.6 Å². The summed E-state index contributed by atoms with van der Waals surface area (Å²) in [6.07, 6.45) is -0.562. The number of rotatable bonds is 7. The van der Waals surface area contributed by atoms with Crippen molar-refractivity contribution in [1.82, 2.24) is 5.32 Å². The molecule has 0 aliphatic heterocycles. The molecule has 1 atom stereocenters. The zero-order valence-electron chi connectivity index (χ0n) is 9.52. The molecule has 1 aromatic rings. The second-order valence-electron chi connectivity index (χ2n) is 3.71. The van der Waals surface area contributed by atoms with Crippen LogP contribution in [0.5, 0.6) is 5.75 Å². The summed E-state index contributed by atoms with van der Waals surface area (Å²) in [5.41, 5.74) is 1.18. The molecule has 0 aliphatic carbocycles. The lowest BCUT2D eigenvalue weighted by Crippen LogP contribution is -2.32. The van der Waals surface area contributed by atoms with Crippen molar-refractivity contribution in [2.75, 3.05) is 26.3 Å². The first-order chi connectivity index (χ1) is 7.72. The topological polar surface area (TPSA) is 61.7 Å². The van der Waals surface area contributed by atoms with Gasteiger partial charge in [-0.15, -0.1) is 0 Å². The van der Waals surface area contributed by atoms with Gasteiger partial charge in [-0.1, -0.05) is 17.7 Å². The Morgan fingerprint density at radius 3 is 2.62 bits per heavy atom. The molecule has 16 heavy (non-hydrogen) atoms. The van der Waals surface area contributed by atoms with E-state index in [-0.39, 0.29) is 13.2 Å². The number of aliphatic hydroxyl groups is 2. The molecular weight excluding hydrogens is 206 g/mol. The Morgan fingerprint density at radius 2 is 2.00 bits per heavy atom. The van der Waals surface area contributed by atoms with E-state index in [9.17, 15) is 5.11 Å². The van der Waals surface area contributed by atoms with Gasteiger partial charge in [-0.2, -0.15) is 0 Å². The summed E-state index contributed by atoms with van der Waals surface area (Å²) in [6.45, 7) is 3.25. The van der Waals surface area contributed by atoms with Crippen LogP contribution < -0.4 is 10.1 Å². The Bertz CT molecular complexity index is 287. The summed E-state index contributed by atoms with van der Waals surface area (Å²) in [4.78, 5) is 0. The van der Waals surface area contributed by atoms with E-state index in [2.05, 4.69) is 5.32 Å². The van der Waals surface area contributed by atoms with E-state index >= 15 is 0 Å². The van der Waals surface area contributed by atoms with Gasteiger partial charge in [0.1, 0.15) is 18.5 Å². The lowest BCUT2D eigenvalue weighted by molar-refractivity contribution is 0.105. The third kappa shape index (κ3) is 5.11. The Hall–Kier alpha value is -1.10. The highest BCUT2D eigenvalue weighted by molar-refractivity contribution is 5.26. The minimum absolute atomic E-state index is 0.0749. The second-order valence-corrected chi connectivity index (χ2v) is 3.71. The highest BCUT2D eigenvalue weighted by Crippen LogP contribution is 2.11. The van der Waals surface area contributed by atoms with Crippen molar-refractivity contribution in [3.63, 3.8) is 0 Å². The minimum atomic E-state index is -0.562. The van der Waals surface area contributed by atoms with Crippen molar-refractivity contribution in [1.29, 1.82) is 0 Å². The van der Waals surface area contributed by atoms with E-state index in [1.165, 1.54) is 5.56 Å². The minimum Gasteiger partial charge on any atom is -0.491 e. The Labute approximate surface area is 95.9 Å². The SMILES string of the molecule is Cc1ccc(OCC(O)CNCCO)cc1. The fraction of sp³-hybridized carbons (Fsp3) is 0.500. The van der Waals surface area contributed by atoms with Crippen LogP contribution in [0.4, 0.5) is 0 Å². The van der Waals surface area contributed by atoms with E-state index in [0.29, 0.717) is 13.1 Å². The van der Waals surface area contributed by atoms with Gasteiger partial charge in [0.05, 0.1) is 6.61 Å². The Kier molecular flexibility index (Phi) is 5.85. The smallest absolute Gasteiger partial charge is 0.119 e. The molecule has 4 nitrogen and oxygen atoms in total. The maximum atomic E-state index is 9.52. The van der Waals surface area contributed by atoms with Crippen LogP contribution in [-0.2, 0) is 0 Å². The van der Waals surface area contributed by atoms with Crippen LogP contribution in [0.15, 0.2) is 24.3 Å². The normalized spacial score (nSPS) is 12.4. The Balaban J connectivity index is 2.20. The molecule has 1 rings (SSSR count). The van der Waals surface area contributed by atoms with Crippen LogP contribution in [0, 0.1) is 6.92 Å². The monoisotopic (exact) mass is 225 g/mol. The van der Waals surface area contributed by atoms with Gasteiger partial charge in [0.15, 0.2) is 0 Å². The fourth-order valence-corrected chi connectivity index (χ4v) is 1.23. The van der Waals surface area contributed by atoms with Gasteiger partial charge in [0.2, 0.25) is 0 Å². The molecule has 3 N–H and O–H groups in total. The first-order valence-corrected chi connectivity index (χ1v) is 5.41. The fourth-order valence-electron chi connectivity index (χ4n) is 1.23. The van der Waals surface area contributed by atoms with Crippen LogP contribution >= 0.6 is 0 Å². The van der Waals surface area contributed by atoms with Crippen molar-refractivity contribution in [3.8, 4) is 5.75 Å². The molecular formula is C12H19NO3. The average Bonchev–Trinajstić information content (AvgIpc) is 2.29. The second kappa shape index (κ2) is 7.22. The standard InChI is InChI=1S/C12H19NO3/c1-10-2-4-12(5-3-10)16-9-11(15)8-13-6-7-14/h2-5,11,13-15H,6-9H2,1H3. The molecule has 1 aromatic carbocycles. The zero-order chi connectivity index (χ0) is 11.8. The van der Waals surface area contributed by atoms with Crippen molar-refractivity contribution in [2.24, 2.45) is 0 Å². The predicted molar refractivity (Wildman–Crippen MR) is 62.6 cm³/mol. The summed E-state index contributed by atoms with van der Waals surface area (Å²) in [5, 5.41) is 21.0. The van der Waals surface area contributed by atoms with Gasteiger partial charge in [0, 0.05) is 13.1 Å². The lowest BCUT2D eigenvalue weighted by Gasteiger charge is -2.12. The van der Waals surface area contributed by atoms with Crippen LogP contribution in [0.25, 0.3) is 0 Å². The van der Waals surface area contributed by atoms with Crippen molar-refractivity contribution < 1.29 is 14.9 Å². The maximum Gasteiger partial charge on any atom is 0.119 e. The van der Waals surface area contributed by atoms with E-state index in [1.54, 1.807) is 0 Å². The predicted octanol–water partition coefficient (Wildman–Crippen LogP) is 0.317. The van der Waals surface area contributed by atoms with E-state index in [4.69, 9.17) is 9.84 Å². The van der Waals surface area contributed by atoms with E-state index in [0.717, 1.165) is 5.75 Å². The van der Waals surface area contributed by atoms with Gasteiger partial charge in [0.25, 0.3) is 0 Å². The number of aryl methyl sites for hydroxylation is 1. The van der Waals surface area contributed by atoms with E-state index in [1.807, 2.05) is 31.2 Å². The van der Waals surface area contributed by atoms with Gasteiger partial charge in [-0.05, 0) is 19.1 Å². The third-order valence-electron chi connectivity index (χ3n) is 2.13. The first-order valence-electron chi connectivity index (χ1n) is 5.41. The quantitative estimate of drug-likeness (QED) is 0.585. The van der Waals surface area contributed by atoms with Gasteiger partial charge >= 0.3 is 0 Å². The number of benzene rings is 1. The summed E-state index contributed by atoms with van der Waals surface area (Å²) in [6, 6.07) is 7.68. The van der Waals surface area contributed by atoms with Gasteiger partial charge < -0.3 is 20.3 Å². The number of hydrogen-bond donors (Lipinski definition) is 3. The highest BCUT2D eigenvalue weighted by Gasteiger charge is 2.04. The lowest BCUT2D eigenvalue weighted by atomic mass is 10.2. The molecule has 1 unspecified atom stereocenters. The molecule has 0 heterocycles. The zero-order valence-corrected chi connectivity index (χ0v) is 9.52. The summed E-state index contributed by atoms with van der Waals surface area (Å²) in [7, 11) is 0. The highest BCUT2D eigenvalue weighted by atomic mass is 16.5. The van der Waals surface area contributed by atoms with E-state index < -0.39 is 6.10 Å². The first kappa shape index (κ1) is 13.0. The molecule has 0 fully saturated rings. The van der Waals surface area contributed by atoms with Crippen molar-refractivity contribution in [2.45, 2.75) is 13.0 Å². The molecule has 0 spiro atoms. The largest absolute Gasteiger partial charge is 0.491 e. The van der Waals surface area contributed by atoms with Gasteiger partial charge in [-0.3, -0.25) is 0 Å². The summed E-state index contributed by atoms with van der Waals surface area (Å²) in [5.74, 6) is 0.756. The molecule has 0 aliphatic rings. The van der Waals surface area contributed by atoms with Crippen LogP contribution in [0.2, 0.25) is 0 Å². The average molecular weight is 225 g/mol. The van der Waals surface area contributed by atoms with Crippen molar-refractivity contribution in [3.05, 3.63) is 29.8 Å². The summed E-state index contributed by atoms with van der Waals surface area (Å²) < 4.78 is 5.40. The van der Waals surface area contributed by atoms with Gasteiger partial charge in [-0.25, -0.2) is 0 Å². The Morgan fingerprint density at radius 1 is 1.31 bits per heavy atom. The van der Waals surface area contributed by atoms with Crippen LogP contribution in [0.3, 0.4) is 0 Å². The summed E-state index contributed by atoms with van der Waals surface area (Å²) >= 11 is 0. The molecule has 0 radical (unpaired) electrons.